The highest BCUT2D eigenvalue weighted by Gasteiger charge is 2.03. The molecule has 1 aromatic carbocycles. The maximum absolute atomic E-state index is 6.17. The van der Waals surface area contributed by atoms with Crippen LogP contribution in [0.15, 0.2) is 34.7 Å². The number of hydrogen-bond donors (Lipinski definition) is 1. The molecule has 0 unspecified atom stereocenters. The predicted octanol–water partition coefficient (Wildman–Crippen LogP) is 4.16. The summed E-state index contributed by atoms with van der Waals surface area (Å²) in [4.78, 5) is 0. The number of benzene rings is 1. The van der Waals surface area contributed by atoms with Gasteiger partial charge in [-0.1, -0.05) is 23.7 Å². The minimum absolute atomic E-state index is 0.650. The summed E-state index contributed by atoms with van der Waals surface area (Å²) in [5.41, 5.74) is 2.01. The van der Waals surface area contributed by atoms with Crippen LogP contribution >= 0.6 is 11.6 Å². The van der Waals surface area contributed by atoms with Gasteiger partial charge in [0.15, 0.2) is 0 Å². The van der Waals surface area contributed by atoms with Gasteiger partial charge in [0, 0.05) is 0 Å². The quantitative estimate of drug-likeness (QED) is 0.864. The molecule has 16 heavy (non-hydrogen) atoms. The third-order valence-corrected chi connectivity index (χ3v) is 2.94. The summed E-state index contributed by atoms with van der Waals surface area (Å²) in [6.07, 6.45) is 0. The van der Waals surface area contributed by atoms with Crippen molar-refractivity contribution in [1.29, 1.82) is 0 Å². The molecule has 0 radical (unpaired) electrons. The highest BCUT2D eigenvalue weighted by atomic mass is 35.5. The van der Waals surface area contributed by atoms with E-state index in [1.807, 2.05) is 44.2 Å². The van der Waals surface area contributed by atoms with Gasteiger partial charge in [-0.3, -0.25) is 0 Å². The number of aryl methyl sites for hydroxylation is 2. The van der Waals surface area contributed by atoms with Gasteiger partial charge < -0.3 is 9.73 Å². The number of anilines is 1. The first-order chi connectivity index (χ1) is 7.66. The Hall–Kier alpha value is -1.41. The van der Waals surface area contributed by atoms with E-state index in [0.29, 0.717) is 6.54 Å². The van der Waals surface area contributed by atoms with Crippen molar-refractivity contribution in [3.8, 4) is 0 Å². The van der Waals surface area contributed by atoms with Crippen molar-refractivity contribution in [3.63, 3.8) is 0 Å². The van der Waals surface area contributed by atoms with Crippen LogP contribution in [0.25, 0.3) is 0 Å². The Morgan fingerprint density at radius 2 is 2.00 bits per heavy atom. The fourth-order valence-electron chi connectivity index (χ4n) is 1.55. The summed E-state index contributed by atoms with van der Waals surface area (Å²) in [6.45, 7) is 4.57. The van der Waals surface area contributed by atoms with Gasteiger partial charge in [-0.2, -0.15) is 0 Å². The molecule has 1 heterocycles. The minimum atomic E-state index is 0.650. The fourth-order valence-corrected chi connectivity index (χ4v) is 1.74. The normalized spacial score (nSPS) is 10.4. The van der Waals surface area contributed by atoms with Crippen molar-refractivity contribution >= 4 is 17.3 Å². The zero-order valence-corrected chi connectivity index (χ0v) is 10.1. The van der Waals surface area contributed by atoms with Crippen molar-refractivity contribution in [2.75, 3.05) is 5.32 Å². The van der Waals surface area contributed by atoms with Gasteiger partial charge in [0.2, 0.25) is 0 Å². The number of nitrogens with one attached hydrogen (secondary N) is 1. The van der Waals surface area contributed by atoms with Crippen LogP contribution in [0.2, 0.25) is 5.02 Å². The van der Waals surface area contributed by atoms with Gasteiger partial charge in [-0.05, 0) is 37.6 Å². The summed E-state index contributed by atoms with van der Waals surface area (Å²) in [7, 11) is 0. The number of hydrogen-bond acceptors (Lipinski definition) is 2. The van der Waals surface area contributed by atoms with E-state index in [1.54, 1.807) is 0 Å². The van der Waals surface area contributed by atoms with E-state index in [4.69, 9.17) is 16.0 Å². The minimum Gasteiger partial charge on any atom is -0.465 e. The topological polar surface area (TPSA) is 25.2 Å². The van der Waals surface area contributed by atoms with Crippen LogP contribution in [0.4, 0.5) is 5.69 Å². The first kappa shape index (κ1) is 11.1. The molecule has 0 aliphatic rings. The zero-order valence-electron chi connectivity index (χ0n) is 9.38. The number of furan rings is 1. The second-order valence-corrected chi connectivity index (χ2v) is 4.18. The molecule has 0 atom stereocenters. The molecule has 0 bridgehead atoms. The molecular formula is C13H14ClNO. The summed E-state index contributed by atoms with van der Waals surface area (Å²) >= 11 is 6.17. The van der Waals surface area contributed by atoms with Crippen LogP contribution in [0, 0.1) is 13.8 Å². The molecule has 1 N–H and O–H groups in total. The Bertz CT molecular complexity index is 490. The van der Waals surface area contributed by atoms with Crippen LogP contribution in [-0.2, 0) is 6.54 Å². The first-order valence-corrected chi connectivity index (χ1v) is 5.59. The largest absolute Gasteiger partial charge is 0.465 e. The van der Waals surface area contributed by atoms with Crippen molar-refractivity contribution < 1.29 is 4.42 Å². The monoisotopic (exact) mass is 235 g/mol. The van der Waals surface area contributed by atoms with E-state index in [1.165, 1.54) is 0 Å². The van der Waals surface area contributed by atoms with Crippen LogP contribution < -0.4 is 5.32 Å². The highest BCUT2D eigenvalue weighted by Crippen LogP contribution is 2.25. The maximum atomic E-state index is 6.17. The lowest BCUT2D eigenvalue weighted by Gasteiger charge is -2.08. The van der Waals surface area contributed by atoms with E-state index >= 15 is 0 Å². The molecule has 0 fully saturated rings. The van der Waals surface area contributed by atoms with Crippen molar-refractivity contribution in [1.82, 2.24) is 0 Å². The van der Waals surface area contributed by atoms with Crippen LogP contribution in [-0.4, -0.2) is 0 Å². The maximum Gasteiger partial charge on any atom is 0.123 e. The summed E-state index contributed by atoms with van der Waals surface area (Å²) in [5.74, 6) is 1.84. The summed E-state index contributed by atoms with van der Waals surface area (Å²) < 4.78 is 5.47. The molecule has 0 saturated carbocycles. The van der Waals surface area contributed by atoms with Gasteiger partial charge >= 0.3 is 0 Å². The second kappa shape index (κ2) is 4.62. The molecule has 0 aliphatic carbocycles. The molecule has 3 heteroatoms. The molecule has 84 valence electrons. The lowest BCUT2D eigenvalue weighted by Crippen LogP contribution is -1.99. The smallest absolute Gasteiger partial charge is 0.123 e. The van der Waals surface area contributed by atoms with Gasteiger partial charge in [0.1, 0.15) is 11.5 Å². The standard InChI is InChI=1S/C13H14ClNO/c1-9-4-3-5-12(13(9)14)15-8-11-7-6-10(2)16-11/h3-7,15H,8H2,1-2H3. The van der Waals surface area contributed by atoms with Crippen LogP contribution in [0.5, 0.6) is 0 Å². The summed E-state index contributed by atoms with van der Waals surface area (Å²) in [6, 6.07) is 9.85. The average molecular weight is 236 g/mol. The van der Waals surface area contributed by atoms with Gasteiger partial charge in [-0.15, -0.1) is 0 Å². The van der Waals surface area contributed by atoms with E-state index in [-0.39, 0.29) is 0 Å². The Labute approximate surface area is 100 Å². The van der Waals surface area contributed by atoms with Gasteiger partial charge in [0.05, 0.1) is 17.3 Å². The van der Waals surface area contributed by atoms with Gasteiger partial charge in [0.25, 0.3) is 0 Å². The average Bonchev–Trinajstić information content (AvgIpc) is 2.67. The van der Waals surface area contributed by atoms with Crippen molar-refractivity contribution in [2.45, 2.75) is 20.4 Å². The molecular weight excluding hydrogens is 222 g/mol. The predicted molar refractivity (Wildman–Crippen MR) is 67.0 cm³/mol. The molecule has 2 aromatic rings. The Kier molecular flexibility index (Phi) is 3.20. The van der Waals surface area contributed by atoms with Crippen LogP contribution in [0.1, 0.15) is 17.1 Å². The molecule has 0 amide bonds. The van der Waals surface area contributed by atoms with Gasteiger partial charge in [-0.25, -0.2) is 0 Å². The Balaban J connectivity index is 2.07. The van der Waals surface area contributed by atoms with E-state index < -0.39 is 0 Å². The van der Waals surface area contributed by atoms with Crippen molar-refractivity contribution in [2.24, 2.45) is 0 Å². The molecule has 2 nitrogen and oxygen atoms in total. The first-order valence-electron chi connectivity index (χ1n) is 5.21. The molecule has 0 spiro atoms. The SMILES string of the molecule is Cc1ccc(CNc2cccc(C)c2Cl)o1. The number of rotatable bonds is 3. The van der Waals surface area contributed by atoms with Crippen molar-refractivity contribution in [3.05, 3.63) is 52.4 Å². The lowest BCUT2D eigenvalue weighted by molar-refractivity contribution is 0.490. The third kappa shape index (κ3) is 2.39. The fraction of sp³-hybridized carbons (Fsp3) is 0.231. The zero-order chi connectivity index (χ0) is 11.5. The summed E-state index contributed by atoms with van der Waals surface area (Å²) in [5, 5.41) is 4.03. The molecule has 2 rings (SSSR count). The molecule has 0 saturated heterocycles. The molecule has 1 aromatic heterocycles. The Morgan fingerprint density at radius 1 is 1.19 bits per heavy atom. The number of halogens is 1. The van der Waals surface area contributed by atoms with E-state index in [9.17, 15) is 0 Å². The Morgan fingerprint density at radius 3 is 2.69 bits per heavy atom. The third-order valence-electron chi connectivity index (χ3n) is 2.44. The van der Waals surface area contributed by atoms with E-state index in [2.05, 4.69) is 5.32 Å². The second-order valence-electron chi connectivity index (χ2n) is 3.80. The molecule has 0 aliphatic heterocycles. The highest BCUT2D eigenvalue weighted by molar-refractivity contribution is 6.33. The lowest BCUT2D eigenvalue weighted by atomic mass is 10.2. The van der Waals surface area contributed by atoms with E-state index in [0.717, 1.165) is 27.8 Å². The van der Waals surface area contributed by atoms with Crippen LogP contribution in [0.3, 0.4) is 0 Å².